The number of thiocarbonyl (C=S) groups is 1. The van der Waals surface area contributed by atoms with Gasteiger partial charge in [-0.15, -0.1) is 0 Å². The van der Waals surface area contributed by atoms with Crippen LogP contribution in [0.4, 0.5) is 5.69 Å². The van der Waals surface area contributed by atoms with Crippen LogP contribution < -0.4 is 19.9 Å². The standard InChI is InChI=1S/C11H17N3O4S2/c1-17-7-6-13-20(15,16)14-10-8(11(12)19)4-3-5-9(10)18-2/h3-5,13-14H,6-7H2,1-2H3,(H2,12,19). The number of benzene rings is 1. The molecule has 0 spiro atoms. The number of rotatable bonds is 8. The molecule has 0 saturated heterocycles. The molecule has 4 N–H and O–H groups in total. The lowest BCUT2D eigenvalue weighted by atomic mass is 10.1. The third-order valence-electron chi connectivity index (χ3n) is 2.35. The number of nitrogens with one attached hydrogen (secondary N) is 2. The van der Waals surface area contributed by atoms with Gasteiger partial charge in [-0.2, -0.15) is 13.1 Å². The van der Waals surface area contributed by atoms with E-state index >= 15 is 0 Å². The highest BCUT2D eigenvalue weighted by Gasteiger charge is 2.17. The number of ether oxygens (including phenoxy) is 2. The first-order chi connectivity index (χ1) is 9.41. The number of hydrogen-bond donors (Lipinski definition) is 3. The molecule has 0 radical (unpaired) electrons. The van der Waals surface area contributed by atoms with E-state index in [4.69, 9.17) is 27.4 Å². The van der Waals surface area contributed by atoms with Crippen LogP contribution in [0.5, 0.6) is 5.75 Å². The zero-order valence-electron chi connectivity index (χ0n) is 11.2. The van der Waals surface area contributed by atoms with Crippen LogP contribution in [0.2, 0.25) is 0 Å². The lowest BCUT2D eigenvalue weighted by Crippen LogP contribution is -2.33. The van der Waals surface area contributed by atoms with Crippen molar-refractivity contribution in [3.8, 4) is 5.75 Å². The molecule has 0 fully saturated rings. The second-order valence-electron chi connectivity index (χ2n) is 3.74. The van der Waals surface area contributed by atoms with Crippen LogP contribution in [0, 0.1) is 0 Å². The van der Waals surface area contributed by atoms with Gasteiger partial charge in [-0.25, -0.2) is 0 Å². The summed E-state index contributed by atoms with van der Waals surface area (Å²) in [5.41, 5.74) is 6.17. The van der Waals surface area contributed by atoms with E-state index in [-0.39, 0.29) is 23.8 Å². The van der Waals surface area contributed by atoms with Gasteiger partial charge < -0.3 is 15.2 Å². The highest BCUT2D eigenvalue weighted by atomic mass is 32.2. The monoisotopic (exact) mass is 319 g/mol. The number of methoxy groups -OCH3 is 2. The quantitative estimate of drug-likeness (QED) is 0.468. The molecule has 9 heteroatoms. The van der Waals surface area contributed by atoms with Crippen molar-refractivity contribution in [1.29, 1.82) is 0 Å². The molecule has 0 heterocycles. The van der Waals surface area contributed by atoms with Gasteiger partial charge in [0.25, 0.3) is 10.2 Å². The topological polar surface area (TPSA) is 103 Å². The molecular formula is C11H17N3O4S2. The Hall–Kier alpha value is -1.42. The Bertz CT molecular complexity index is 575. The van der Waals surface area contributed by atoms with E-state index in [2.05, 4.69) is 9.44 Å². The largest absolute Gasteiger partial charge is 0.495 e. The highest BCUT2D eigenvalue weighted by molar-refractivity contribution is 7.90. The van der Waals surface area contributed by atoms with Gasteiger partial charge in [0.05, 0.1) is 13.7 Å². The van der Waals surface area contributed by atoms with Crippen molar-refractivity contribution in [2.24, 2.45) is 5.73 Å². The Kier molecular flexibility index (Phi) is 6.14. The van der Waals surface area contributed by atoms with E-state index in [1.807, 2.05) is 0 Å². The summed E-state index contributed by atoms with van der Waals surface area (Å²) in [4.78, 5) is 0.0680. The number of nitrogens with two attached hydrogens (primary N) is 1. The van der Waals surface area contributed by atoms with Crippen LogP contribution in [0.15, 0.2) is 18.2 Å². The van der Waals surface area contributed by atoms with Gasteiger partial charge in [-0.05, 0) is 12.1 Å². The number of para-hydroxylation sites is 1. The van der Waals surface area contributed by atoms with E-state index in [0.717, 1.165) is 0 Å². The first-order valence-corrected chi connectivity index (χ1v) is 7.53. The molecule has 1 aromatic rings. The van der Waals surface area contributed by atoms with Crippen LogP contribution >= 0.6 is 12.2 Å². The maximum absolute atomic E-state index is 11.9. The Labute approximate surface area is 123 Å². The first kappa shape index (κ1) is 16.6. The summed E-state index contributed by atoms with van der Waals surface area (Å²) in [6.45, 7) is 0.401. The van der Waals surface area contributed by atoms with Gasteiger partial charge in [0.1, 0.15) is 16.4 Å². The lowest BCUT2D eigenvalue weighted by Gasteiger charge is -2.15. The van der Waals surface area contributed by atoms with Crippen LogP contribution in [0.1, 0.15) is 5.56 Å². The van der Waals surface area contributed by atoms with E-state index in [1.165, 1.54) is 14.2 Å². The van der Waals surface area contributed by atoms with Gasteiger partial charge in [-0.1, -0.05) is 18.3 Å². The molecule has 0 aliphatic carbocycles. The molecule has 0 amide bonds. The Morgan fingerprint density at radius 2 is 2.10 bits per heavy atom. The molecule has 7 nitrogen and oxygen atoms in total. The molecule has 0 aliphatic heterocycles. The summed E-state index contributed by atoms with van der Waals surface area (Å²) < 4.78 is 38.4. The minimum absolute atomic E-state index is 0.0680. The van der Waals surface area contributed by atoms with Crippen molar-refractivity contribution in [1.82, 2.24) is 4.72 Å². The van der Waals surface area contributed by atoms with Crippen LogP contribution in [0.25, 0.3) is 0 Å². The molecule has 0 aromatic heterocycles. The Balaban J connectivity index is 3.04. The summed E-state index contributed by atoms with van der Waals surface area (Å²) in [6.07, 6.45) is 0. The fraction of sp³-hybridized carbons (Fsp3) is 0.364. The fourth-order valence-corrected chi connectivity index (χ4v) is 2.53. The van der Waals surface area contributed by atoms with Crippen molar-refractivity contribution < 1.29 is 17.9 Å². The van der Waals surface area contributed by atoms with Crippen LogP contribution in [-0.4, -0.2) is 40.8 Å². The summed E-state index contributed by atoms with van der Waals surface area (Å²) >= 11 is 4.90. The maximum atomic E-state index is 11.9. The van der Waals surface area contributed by atoms with Crippen LogP contribution in [-0.2, 0) is 14.9 Å². The number of anilines is 1. The fourth-order valence-electron chi connectivity index (χ4n) is 1.46. The molecule has 0 aliphatic rings. The molecule has 0 atom stereocenters. The smallest absolute Gasteiger partial charge is 0.299 e. The molecule has 0 unspecified atom stereocenters. The third kappa shape index (κ3) is 4.60. The van der Waals surface area contributed by atoms with Crippen molar-refractivity contribution in [2.45, 2.75) is 0 Å². The van der Waals surface area contributed by atoms with Crippen molar-refractivity contribution in [2.75, 3.05) is 32.1 Å². The molecule has 0 saturated carbocycles. The third-order valence-corrected chi connectivity index (χ3v) is 3.62. The average molecular weight is 319 g/mol. The van der Waals surface area contributed by atoms with E-state index < -0.39 is 10.2 Å². The summed E-state index contributed by atoms with van der Waals surface area (Å²) in [7, 11) is -0.866. The van der Waals surface area contributed by atoms with Gasteiger partial charge in [0, 0.05) is 19.2 Å². The molecule has 20 heavy (non-hydrogen) atoms. The van der Waals surface area contributed by atoms with Gasteiger partial charge >= 0.3 is 0 Å². The van der Waals surface area contributed by atoms with Crippen molar-refractivity contribution in [3.63, 3.8) is 0 Å². The van der Waals surface area contributed by atoms with Gasteiger partial charge in [0.2, 0.25) is 0 Å². The zero-order chi connectivity index (χ0) is 15.2. The molecule has 0 bridgehead atoms. The zero-order valence-corrected chi connectivity index (χ0v) is 12.8. The lowest BCUT2D eigenvalue weighted by molar-refractivity contribution is 0.204. The predicted octanol–water partition coefficient (Wildman–Crippen LogP) is 0.222. The minimum atomic E-state index is -3.77. The van der Waals surface area contributed by atoms with E-state index in [1.54, 1.807) is 18.2 Å². The molecular weight excluding hydrogens is 302 g/mol. The van der Waals surface area contributed by atoms with Gasteiger partial charge in [-0.3, -0.25) is 4.72 Å². The second kappa shape index (κ2) is 7.39. The van der Waals surface area contributed by atoms with Gasteiger partial charge in [0.15, 0.2) is 0 Å². The molecule has 1 aromatic carbocycles. The Morgan fingerprint density at radius 1 is 1.40 bits per heavy atom. The highest BCUT2D eigenvalue weighted by Crippen LogP contribution is 2.28. The second-order valence-corrected chi connectivity index (χ2v) is 5.68. The summed E-state index contributed by atoms with van der Waals surface area (Å²) in [5, 5.41) is 0. The van der Waals surface area contributed by atoms with E-state index in [9.17, 15) is 8.42 Å². The summed E-state index contributed by atoms with van der Waals surface area (Å²) in [5.74, 6) is 0.326. The number of hydrogen-bond acceptors (Lipinski definition) is 5. The predicted molar refractivity (Wildman–Crippen MR) is 81.3 cm³/mol. The SMILES string of the molecule is COCCNS(=O)(=O)Nc1c(OC)cccc1C(N)=S. The molecule has 1 rings (SSSR count). The first-order valence-electron chi connectivity index (χ1n) is 5.64. The summed E-state index contributed by atoms with van der Waals surface area (Å²) in [6, 6.07) is 4.89. The van der Waals surface area contributed by atoms with Crippen molar-refractivity contribution in [3.05, 3.63) is 23.8 Å². The Morgan fingerprint density at radius 3 is 2.65 bits per heavy atom. The minimum Gasteiger partial charge on any atom is -0.495 e. The van der Waals surface area contributed by atoms with Crippen molar-refractivity contribution >= 4 is 33.1 Å². The normalized spacial score (nSPS) is 11.1. The maximum Gasteiger partial charge on any atom is 0.299 e. The molecule has 112 valence electrons. The van der Waals surface area contributed by atoms with Crippen LogP contribution in [0.3, 0.4) is 0 Å². The average Bonchev–Trinajstić information content (AvgIpc) is 2.38. The van der Waals surface area contributed by atoms with E-state index in [0.29, 0.717) is 11.3 Å².